The SMILES string of the molecule is Cc1cc(OCc2cc(Cl)ccc2Cl)c(C(C)C)cc1N. The molecule has 0 spiro atoms. The molecular formula is C17H19Cl2NO. The number of halogens is 2. The highest BCUT2D eigenvalue weighted by Gasteiger charge is 2.11. The van der Waals surface area contributed by atoms with Crippen molar-refractivity contribution in [2.24, 2.45) is 0 Å². The van der Waals surface area contributed by atoms with Crippen LogP contribution in [-0.2, 0) is 6.61 Å². The van der Waals surface area contributed by atoms with Gasteiger partial charge in [0.15, 0.2) is 0 Å². The fraction of sp³-hybridized carbons (Fsp3) is 0.294. The van der Waals surface area contributed by atoms with Gasteiger partial charge in [-0.1, -0.05) is 37.0 Å². The van der Waals surface area contributed by atoms with Crippen LogP contribution in [0.25, 0.3) is 0 Å². The number of hydrogen-bond acceptors (Lipinski definition) is 2. The molecule has 21 heavy (non-hydrogen) atoms. The predicted molar refractivity (Wildman–Crippen MR) is 90.5 cm³/mol. The number of rotatable bonds is 4. The van der Waals surface area contributed by atoms with Crippen molar-refractivity contribution in [3.05, 3.63) is 57.1 Å². The van der Waals surface area contributed by atoms with Crippen LogP contribution in [0, 0.1) is 6.92 Å². The quantitative estimate of drug-likeness (QED) is 0.744. The summed E-state index contributed by atoms with van der Waals surface area (Å²) >= 11 is 12.2. The minimum Gasteiger partial charge on any atom is -0.489 e. The van der Waals surface area contributed by atoms with Crippen LogP contribution in [0.15, 0.2) is 30.3 Å². The Morgan fingerprint density at radius 3 is 2.52 bits per heavy atom. The van der Waals surface area contributed by atoms with Crippen LogP contribution < -0.4 is 10.5 Å². The Morgan fingerprint density at radius 1 is 1.14 bits per heavy atom. The molecule has 4 heteroatoms. The second kappa shape index (κ2) is 6.59. The summed E-state index contributed by atoms with van der Waals surface area (Å²) in [6.45, 7) is 6.58. The molecule has 0 aromatic heterocycles. The van der Waals surface area contributed by atoms with E-state index in [2.05, 4.69) is 13.8 Å². The maximum absolute atomic E-state index is 6.16. The molecule has 112 valence electrons. The standard InChI is InChI=1S/C17H19Cl2NO/c1-10(2)14-8-16(20)11(3)6-17(14)21-9-12-7-13(18)4-5-15(12)19/h4-8,10H,9,20H2,1-3H3. The van der Waals surface area contributed by atoms with Gasteiger partial charge in [-0.15, -0.1) is 0 Å². The van der Waals surface area contributed by atoms with Crippen LogP contribution in [0.1, 0.15) is 36.5 Å². The van der Waals surface area contributed by atoms with E-state index in [9.17, 15) is 0 Å². The Labute approximate surface area is 135 Å². The summed E-state index contributed by atoms with van der Waals surface area (Å²) in [7, 11) is 0. The first kappa shape index (κ1) is 16.0. The van der Waals surface area contributed by atoms with E-state index < -0.39 is 0 Å². The summed E-state index contributed by atoms with van der Waals surface area (Å²) < 4.78 is 5.96. The molecule has 0 saturated carbocycles. The molecule has 0 atom stereocenters. The molecule has 2 aromatic carbocycles. The van der Waals surface area contributed by atoms with Crippen LogP contribution in [0.3, 0.4) is 0 Å². The van der Waals surface area contributed by atoms with E-state index in [4.69, 9.17) is 33.7 Å². The zero-order valence-corrected chi connectivity index (χ0v) is 13.9. The lowest BCUT2D eigenvalue weighted by Gasteiger charge is -2.17. The highest BCUT2D eigenvalue weighted by Crippen LogP contribution is 2.32. The van der Waals surface area contributed by atoms with Crippen molar-refractivity contribution in [3.8, 4) is 5.75 Å². The zero-order valence-electron chi connectivity index (χ0n) is 12.4. The van der Waals surface area contributed by atoms with Crippen molar-refractivity contribution in [3.63, 3.8) is 0 Å². The maximum Gasteiger partial charge on any atom is 0.123 e. The molecule has 2 aromatic rings. The van der Waals surface area contributed by atoms with E-state index in [1.165, 1.54) is 0 Å². The van der Waals surface area contributed by atoms with Gasteiger partial charge in [0.05, 0.1) is 0 Å². The van der Waals surface area contributed by atoms with Crippen molar-refractivity contribution < 1.29 is 4.74 Å². The van der Waals surface area contributed by atoms with Gasteiger partial charge in [-0.05, 0) is 54.3 Å². The largest absolute Gasteiger partial charge is 0.489 e. The molecule has 0 amide bonds. The van der Waals surface area contributed by atoms with Crippen molar-refractivity contribution in [1.29, 1.82) is 0 Å². The molecule has 0 aliphatic carbocycles. The summed E-state index contributed by atoms with van der Waals surface area (Å²) in [6, 6.07) is 9.32. The minimum absolute atomic E-state index is 0.331. The molecular weight excluding hydrogens is 305 g/mol. The Morgan fingerprint density at radius 2 is 1.86 bits per heavy atom. The van der Waals surface area contributed by atoms with Gasteiger partial charge < -0.3 is 10.5 Å². The molecule has 2 N–H and O–H groups in total. The van der Waals surface area contributed by atoms with E-state index >= 15 is 0 Å². The minimum atomic E-state index is 0.331. The Balaban J connectivity index is 2.27. The molecule has 0 heterocycles. The third-order valence-electron chi connectivity index (χ3n) is 3.41. The Hall–Kier alpha value is -1.38. The van der Waals surface area contributed by atoms with E-state index in [1.54, 1.807) is 12.1 Å². The van der Waals surface area contributed by atoms with Gasteiger partial charge in [0, 0.05) is 21.3 Å². The Bertz CT molecular complexity index is 653. The average molecular weight is 324 g/mol. The van der Waals surface area contributed by atoms with E-state index in [-0.39, 0.29) is 0 Å². The monoisotopic (exact) mass is 323 g/mol. The highest BCUT2D eigenvalue weighted by molar-refractivity contribution is 6.33. The lowest BCUT2D eigenvalue weighted by Crippen LogP contribution is -2.03. The summed E-state index contributed by atoms with van der Waals surface area (Å²) in [6.07, 6.45) is 0. The predicted octanol–water partition coefficient (Wildman–Crippen LogP) is 5.59. The highest BCUT2D eigenvalue weighted by atomic mass is 35.5. The van der Waals surface area contributed by atoms with E-state index in [1.807, 2.05) is 25.1 Å². The van der Waals surface area contributed by atoms with E-state index in [0.717, 1.165) is 28.1 Å². The van der Waals surface area contributed by atoms with Gasteiger partial charge in [0.2, 0.25) is 0 Å². The number of aryl methyl sites for hydroxylation is 1. The molecule has 0 aliphatic heterocycles. The summed E-state index contributed by atoms with van der Waals surface area (Å²) in [4.78, 5) is 0. The molecule has 0 unspecified atom stereocenters. The first-order valence-corrected chi connectivity index (χ1v) is 7.61. The molecule has 0 saturated heterocycles. The number of anilines is 1. The lowest BCUT2D eigenvalue weighted by molar-refractivity contribution is 0.302. The topological polar surface area (TPSA) is 35.2 Å². The van der Waals surface area contributed by atoms with Crippen molar-refractivity contribution in [2.45, 2.75) is 33.3 Å². The number of nitrogen functional groups attached to an aromatic ring is 1. The van der Waals surface area contributed by atoms with Gasteiger partial charge in [-0.2, -0.15) is 0 Å². The second-order valence-corrected chi connectivity index (χ2v) is 6.27. The van der Waals surface area contributed by atoms with Gasteiger partial charge in [0.1, 0.15) is 12.4 Å². The van der Waals surface area contributed by atoms with Crippen LogP contribution in [-0.4, -0.2) is 0 Å². The van der Waals surface area contributed by atoms with E-state index in [0.29, 0.717) is 22.6 Å². The third kappa shape index (κ3) is 3.84. The third-order valence-corrected chi connectivity index (χ3v) is 4.02. The van der Waals surface area contributed by atoms with Gasteiger partial charge in [-0.3, -0.25) is 0 Å². The normalized spacial score (nSPS) is 11.0. The summed E-state index contributed by atoms with van der Waals surface area (Å²) in [5.74, 6) is 1.17. The molecule has 0 fully saturated rings. The number of ether oxygens (including phenoxy) is 1. The summed E-state index contributed by atoms with van der Waals surface area (Å²) in [5.41, 5.74) is 9.74. The van der Waals surface area contributed by atoms with Crippen LogP contribution >= 0.6 is 23.2 Å². The van der Waals surface area contributed by atoms with Gasteiger partial charge in [-0.25, -0.2) is 0 Å². The van der Waals surface area contributed by atoms with Crippen LogP contribution in [0.2, 0.25) is 10.0 Å². The van der Waals surface area contributed by atoms with Gasteiger partial charge in [0.25, 0.3) is 0 Å². The Kier molecular flexibility index (Phi) is 5.02. The molecule has 0 bridgehead atoms. The second-order valence-electron chi connectivity index (χ2n) is 5.43. The van der Waals surface area contributed by atoms with Crippen molar-refractivity contribution in [2.75, 3.05) is 5.73 Å². The number of benzene rings is 2. The first-order chi connectivity index (χ1) is 9.88. The molecule has 2 nitrogen and oxygen atoms in total. The smallest absolute Gasteiger partial charge is 0.123 e. The van der Waals surface area contributed by atoms with Crippen LogP contribution in [0.5, 0.6) is 5.75 Å². The fourth-order valence-electron chi connectivity index (χ4n) is 2.10. The molecule has 2 rings (SSSR count). The van der Waals surface area contributed by atoms with Gasteiger partial charge >= 0.3 is 0 Å². The number of hydrogen-bond donors (Lipinski definition) is 1. The fourth-order valence-corrected chi connectivity index (χ4v) is 2.47. The zero-order chi connectivity index (χ0) is 15.6. The molecule has 0 aliphatic rings. The lowest BCUT2D eigenvalue weighted by atomic mass is 9.99. The van der Waals surface area contributed by atoms with Crippen molar-refractivity contribution >= 4 is 28.9 Å². The van der Waals surface area contributed by atoms with Crippen LogP contribution in [0.4, 0.5) is 5.69 Å². The molecule has 0 radical (unpaired) electrons. The maximum atomic E-state index is 6.16. The first-order valence-electron chi connectivity index (χ1n) is 6.85. The average Bonchev–Trinajstić information content (AvgIpc) is 2.42. The van der Waals surface area contributed by atoms with Crippen molar-refractivity contribution in [1.82, 2.24) is 0 Å². The summed E-state index contributed by atoms with van der Waals surface area (Å²) in [5, 5.41) is 1.30. The number of nitrogens with two attached hydrogens (primary N) is 1.